The highest BCUT2D eigenvalue weighted by Crippen LogP contribution is 2.39. The smallest absolute Gasteiger partial charge is 0.259 e. The number of fused-ring (bicyclic) bond motifs is 2. The van der Waals surface area contributed by atoms with E-state index in [1.807, 2.05) is 0 Å². The van der Waals surface area contributed by atoms with E-state index >= 15 is 0 Å². The first kappa shape index (κ1) is 25.8. The Bertz CT molecular complexity index is 1790. The molecule has 13 nitrogen and oxygen atoms in total. The first-order valence-electron chi connectivity index (χ1n) is 12.4. The molecule has 41 heavy (non-hydrogen) atoms. The van der Waals surface area contributed by atoms with Gasteiger partial charge in [-0.05, 0) is 24.3 Å². The van der Waals surface area contributed by atoms with E-state index in [9.17, 15) is 4.79 Å². The molecule has 3 heterocycles. The van der Waals surface area contributed by atoms with E-state index in [-0.39, 0.29) is 19.0 Å². The molecular weight excluding hydrogens is 534 g/mol. The Morgan fingerprint density at radius 3 is 2.37 bits per heavy atom. The van der Waals surface area contributed by atoms with E-state index < -0.39 is 0 Å². The van der Waals surface area contributed by atoms with Crippen LogP contribution in [0.3, 0.4) is 0 Å². The van der Waals surface area contributed by atoms with E-state index in [2.05, 4.69) is 20.3 Å². The van der Waals surface area contributed by atoms with Crippen molar-refractivity contribution >= 4 is 10.9 Å². The van der Waals surface area contributed by atoms with Crippen molar-refractivity contribution in [1.29, 1.82) is 0 Å². The number of hydrogen-bond acceptors (Lipinski definition) is 11. The van der Waals surface area contributed by atoms with Gasteiger partial charge in [0.05, 0.1) is 51.2 Å². The largest absolute Gasteiger partial charge is 0.493 e. The second-order valence-corrected chi connectivity index (χ2v) is 8.83. The van der Waals surface area contributed by atoms with Crippen molar-refractivity contribution in [2.45, 2.75) is 6.61 Å². The maximum atomic E-state index is 12.9. The summed E-state index contributed by atoms with van der Waals surface area (Å²) in [5.41, 5.74) is 1.98. The van der Waals surface area contributed by atoms with Gasteiger partial charge in [-0.2, -0.15) is 0 Å². The number of aromatic nitrogens is 5. The summed E-state index contributed by atoms with van der Waals surface area (Å²) >= 11 is 0. The van der Waals surface area contributed by atoms with Crippen LogP contribution in [0.1, 0.15) is 5.69 Å². The average Bonchev–Trinajstić information content (AvgIpc) is 3.68. The molecule has 1 aliphatic rings. The third-order valence-corrected chi connectivity index (χ3v) is 6.47. The topological polar surface area (TPSA) is 141 Å². The van der Waals surface area contributed by atoms with Crippen LogP contribution in [-0.2, 0) is 6.61 Å². The molecule has 0 saturated heterocycles. The molecule has 210 valence electrons. The fourth-order valence-corrected chi connectivity index (χ4v) is 4.44. The zero-order chi connectivity index (χ0) is 28.5. The molecule has 0 spiro atoms. The summed E-state index contributed by atoms with van der Waals surface area (Å²) in [5, 5.41) is 8.78. The van der Waals surface area contributed by atoms with Gasteiger partial charge < -0.3 is 38.1 Å². The van der Waals surface area contributed by atoms with E-state index in [0.29, 0.717) is 73.9 Å². The van der Waals surface area contributed by atoms with E-state index in [0.717, 1.165) is 0 Å². The molecule has 0 bridgehead atoms. The minimum absolute atomic E-state index is 0.0739. The number of nitrogens with one attached hydrogen (secondary N) is 1. The lowest BCUT2D eigenvalue weighted by Crippen LogP contribution is -2.10. The Hall–Kier alpha value is -5.46. The molecule has 0 saturated carbocycles. The van der Waals surface area contributed by atoms with Crippen LogP contribution in [0.2, 0.25) is 0 Å². The van der Waals surface area contributed by atoms with Crippen LogP contribution in [0.5, 0.6) is 40.2 Å². The zero-order valence-electron chi connectivity index (χ0n) is 22.6. The second kappa shape index (κ2) is 10.6. The lowest BCUT2D eigenvalue weighted by molar-refractivity contribution is 0.174. The van der Waals surface area contributed by atoms with Gasteiger partial charge in [-0.15, -0.1) is 5.10 Å². The lowest BCUT2D eigenvalue weighted by atomic mass is 10.1. The number of ether oxygens (including phenoxy) is 7. The molecule has 1 aliphatic heterocycles. The normalized spacial score (nSPS) is 11.9. The predicted octanol–water partition coefficient (Wildman–Crippen LogP) is 3.51. The molecule has 0 radical (unpaired) electrons. The first-order chi connectivity index (χ1) is 20.0. The Kier molecular flexibility index (Phi) is 6.67. The summed E-state index contributed by atoms with van der Waals surface area (Å²) in [6, 6.07) is 12.1. The number of nitrogens with zero attached hydrogens (tertiary/aromatic N) is 4. The van der Waals surface area contributed by atoms with Crippen LogP contribution in [0.15, 0.2) is 53.5 Å². The van der Waals surface area contributed by atoms with Gasteiger partial charge in [-0.1, -0.05) is 5.21 Å². The monoisotopic (exact) mass is 559 g/mol. The molecule has 0 fully saturated rings. The van der Waals surface area contributed by atoms with Gasteiger partial charge in [-0.3, -0.25) is 4.79 Å². The van der Waals surface area contributed by atoms with Crippen LogP contribution in [0.25, 0.3) is 28.0 Å². The second-order valence-electron chi connectivity index (χ2n) is 8.83. The third kappa shape index (κ3) is 4.77. The minimum Gasteiger partial charge on any atom is -0.493 e. The van der Waals surface area contributed by atoms with E-state index in [4.69, 9.17) is 33.2 Å². The Morgan fingerprint density at radius 2 is 1.63 bits per heavy atom. The first-order valence-corrected chi connectivity index (χ1v) is 12.4. The van der Waals surface area contributed by atoms with Gasteiger partial charge in [-0.25, -0.2) is 9.67 Å². The molecule has 13 heteroatoms. The Morgan fingerprint density at radius 1 is 0.878 bits per heavy atom. The van der Waals surface area contributed by atoms with Crippen molar-refractivity contribution in [3.05, 3.63) is 64.7 Å². The quantitative estimate of drug-likeness (QED) is 0.284. The van der Waals surface area contributed by atoms with Crippen molar-refractivity contribution in [2.75, 3.05) is 35.2 Å². The van der Waals surface area contributed by atoms with Gasteiger partial charge in [0.25, 0.3) is 5.56 Å². The summed E-state index contributed by atoms with van der Waals surface area (Å²) in [5.74, 6) is 3.81. The highest BCUT2D eigenvalue weighted by Gasteiger charge is 2.18. The number of benzene rings is 3. The molecule has 0 atom stereocenters. The molecule has 5 aromatic rings. The molecule has 3 aromatic carbocycles. The summed E-state index contributed by atoms with van der Waals surface area (Å²) in [6.07, 6.45) is 1.72. The predicted molar refractivity (Wildman–Crippen MR) is 146 cm³/mol. The van der Waals surface area contributed by atoms with E-state index in [1.165, 1.54) is 14.2 Å². The number of aromatic amines is 1. The van der Waals surface area contributed by atoms with Gasteiger partial charge in [0, 0.05) is 23.8 Å². The number of methoxy groups -OCH3 is 4. The van der Waals surface area contributed by atoms with Crippen LogP contribution in [-0.4, -0.2) is 60.2 Å². The average molecular weight is 560 g/mol. The van der Waals surface area contributed by atoms with Crippen LogP contribution >= 0.6 is 0 Å². The highest BCUT2D eigenvalue weighted by atomic mass is 16.7. The van der Waals surface area contributed by atoms with Gasteiger partial charge >= 0.3 is 0 Å². The van der Waals surface area contributed by atoms with Gasteiger partial charge in [0.15, 0.2) is 34.5 Å². The molecule has 1 N–H and O–H groups in total. The molecule has 6 rings (SSSR count). The van der Waals surface area contributed by atoms with Crippen molar-refractivity contribution < 1.29 is 33.2 Å². The fourth-order valence-electron chi connectivity index (χ4n) is 4.44. The Balaban J connectivity index is 1.28. The van der Waals surface area contributed by atoms with Crippen molar-refractivity contribution in [3.8, 4) is 57.3 Å². The fraction of sp³-hybridized carbons (Fsp3) is 0.214. The van der Waals surface area contributed by atoms with Crippen molar-refractivity contribution in [2.24, 2.45) is 0 Å². The molecule has 2 aromatic heterocycles. The molecule has 0 unspecified atom stereocenters. The van der Waals surface area contributed by atoms with Crippen LogP contribution in [0, 0.1) is 0 Å². The molecular formula is C28H25N5O8. The lowest BCUT2D eigenvalue weighted by Gasteiger charge is -2.13. The minimum atomic E-state index is -0.319. The Labute approximate surface area is 233 Å². The SMILES string of the molecule is COc1cc2c(=O)[nH]c(-c3ccc4c(c3)OCO4)nc2cc1OCc1cn(-c2cc(OC)c(OC)c(OC)c2)nn1. The number of H-pyrrole nitrogens is 1. The summed E-state index contributed by atoms with van der Waals surface area (Å²) < 4.78 is 40.2. The summed E-state index contributed by atoms with van der Waals surface area (Å²) in [7, 11) is 6.12. The molecule has 0 amide bonds. The van der Waals surface area contributed by atoms with Crippen molar-refractivity contribution in [3.63, 3.8) is 0 Å². The maximum Gasteiger partial charge on any atom is 0.259 e. The number of hydrogen-bond donors (Lipinski definition) is 1. The molecule has 0 aliphatic carbocycles. The van der Waals surface area contributed by atoms with Gasteiger partial charge in [0.1, 0.15) is 18.1 Å². The van der Waals surface area contributed by atoms with E-state index in [1.54, 1.807) is 67.6 Å². The van der Waals surface area contributed by atoms with Crippen LogP contribution in [0.4, 0.5) is 0 Å². The third-order valence-electron chi connectivity index (χ3n) is 6.47. The maximum absolute atomic E-state index is 12.9. The van der Waals surface area contributed by atoms with Gasteiger partial charge in [0.2, 0.25) is 12.5 Å². The van der Waals surface area contributed by atoms with Crippen LogP contribution < -0.4 is 38.7 Å². The zero-order valence-corrected chi connectivity index (χ0v) is 22.6. The number of rotatable bonds is 9. The summed E-state index contributed by atoms with van der Waals surface area (Å²) in [6.45, 7) is 0.224. The standard InChI is InChI=1S/C28H25N5O8/c1-35-21-10-18-19(29-27(30-28(18)34)15-5-6-20-22(7-15)41-14-40-20)11-23(21)39-13-16-12-33(32-31-16)17-8-24(36-2)26(38-4)25(9-17)37-3/h5-12H,13-14H2,1-4H3,(H,29,30,34). The summed E-state index contributed by atoms with van der Waals surface area (Å²) in [4.78, 5) is 20.4. The highest BCUT2D eigenvalue weighted by molar-refractivity contribution is 5.83. The van der Waals surface area contributed by atoms with Crippen molar-refractivity contribution in [1.82, 2.24) is 25.0 Å².